The van der Waals surface area contributed by atoms with Crippen molar-refractivity contribution in [3.05, 3.63) is 58.2 Å². The minimum absolute atomic E-state index is 0.288. The molecule has 0 spiro atoms. The number of hydrogen-bond donors (Lipinski definition) is 1. The molecule has 1 N–H and O–H groups in total. The van der Waals surface area contributed by atoms with E-state index in [1.165, 1.54) is 19.2 Å². The number of ether oxygens (including phenoxy) is 1. The van der Waals surface area contributed by atoms with Gasteiger partial charge in [0.15, 0.2) is 0 Å². The van der Waals surface area contributed by atoms with Crippen LogP contribution in [0.15, 0.2) is 40.8 Å². The number of methoxy groups -OCH3 is 1. The molecule has 0 saturated carbocycles. The van der Waals surface area contributed by atoms with Crippen molar-refractivity contribution in [2.45, 2.75) is 13.0 Å². The summed E-state index contributed by atoms with van der Waals surface area (Å²) in [6.45, 7) is 1.84. The Balaban J connectivity index is 1.82. The van der Waals surface area contributed by atoms with Crippen molar-refractivity contribution >= 4 is 28.9 Å². The average molecular weight is 382 g/mol. The number of aromatic nitrogens is 2. The van der Waals surface area contributed by atoms with Crippen molar-refractivity contribution in [2.75, 3.05) is 12.4 Å². The zero-order valence-electron chi connectivity index (χ0n) is 13.4. The van der Waals surface area contributed by atoms with E-state index in [-0.39, 0.29) is 17.7 Å². The molecule has 0 aliphatic heterocycles. The predicted molar refractivity (Wildman–Crippen MR) is 94.7 cm³/mol. The summed E-state index contributed by atoms with van der Waals surface area (Å²) < 4.78 is 24.1. The Kier molecular flexibility index (Phi) is 5.11. The second-order valence-electron chi connectivity index (χ2n) is 5.28. The Morgan fingerprint density at radius 1 is 1.16 bits per heavy atom. The Morgan fingerprint density at radius 2 is 1.96 bits per heavy atom. The summed E-state index contributed by atoms with van der Waals surface area (Å²) in [7, 11) is 1.47. The van der Waals surface area contributed by atoms with E-state index in [0.717, 1.165) is 0 Å². The average Bonchev–Trinajstić information content (AvgIpc) is 3.06. The van der Waals surface area contributed by atoms with Gasteiger partial charge in [-0.2, -0.15) is 0 Å². The first-order valence-corrected chi connectivity index (χ1v) is 8.12. The zero-order chi connectivity index (χ0) is 18.0. The highest BCUT2D eigenvalue weighted by Gasteiger charge is 2.18. The van der Waals surface area contributed by atoms with Crippen LogP contribution in [-0.4, -0.2) is 17.3 Å². The van der Waals surface area contributed by atoms with Gasteiger partial charge in [0.1, 0.15) is 17.6 Å². The van der Waals surface area contributed by atoms with Gasteiger partial charge < -0.3 is 14.5 Å². The van der Waals surface area contributed by atoms with Gasteiger partial charge in [-0.3, -0.25) is 0 Å². The number of anilines is 1. The van der Waals surface area contributed by atoms with Gasteiger partial charge in [0.05, 0.1) is 23.4 Å². The van der Waals surface area contributed by atoms with Crippen molar-refractivity contribution in [3.63, 3.8) is 0 Å². The van der Waals surface area contributed by atoms with Crippen LogP contribution in [0.4, 0.5) is 10.1 Å². The monoisotopic (exact) mass is 381 g/mol. The molecular formula is C17H14Cl2FN3O2. The molecular weight excluding hydrogens is 368 g/mol. The van der Waals surface area contributed by atoms with E-state index in [1.807, 2.05) is 6.92 Å². The minimum Gasteiger partial charge on any atom is -0.494 e. The van der Waals surface area contributed by atoms with Crippen LogP contribution in [-0.2, 0) is 0 Å². The van der Waals surface area contributed by atoms with Gasteiger partial charge in [0, 0.05) is 11.1 Å². The van der Waals surface area contributed by atoms with Gasteiger partial charge in [0.2, 0.25) is 11.8 Å². The number of benzene rings is 2. The van der Waals surface area contributed by atoms with Crippen LogP contribution >= 0.6 is 23.2 Å². The van der Waals surface area contributed by atoms with Crippen molar-refractivity contribution in [2.24, 2.45) is 0 Å². The van der Waals surface area contributed by atoms with E-state index >= 15 is 0 Å². The van der Waals surface area contributed by atoms with Crippen LogP contribution in [0.2, 0.25) is 10.0 Å². The lowest BCUT2D eigenvalue weighted by Crippen LogP contribution is -2.08. The molecule has 0 fully saturated rings. The lowest BCUT2D eigenvalue weighted by Gasteiger charge is -2.14. The van der Waals surface area contributed by atoms with E-state index in [0.29, 0.717) is 32.9 Å². The highest BCUT2D eigenvalue weighted by Crippen LogP contribution is 2.32. The molecule has 0 bridgehead atoms. The number of nitrogens with zero attached hydrogens (tertiary/aromatic N) is 2. The summed E-state index contributed by atoms with van der Waals surface area (Å²) in [5.74, 6) is 0.642. The number of halogens is 3. The first-order chi connectivity index (χ1) is 12.0. The van der Waals surface area contributed by atoms with Crippen LogP contribution in [0.1, 0.15) is 18.9 Å². The molecule has 5 nitrogen and oxygen atoms in total. The molecule has 1 atom stereocenters. The molecule has 1 heterocycles. The molecule has 0 unspecified atom stereocenters. The summed E-state index contributed by atoms with van der Waals surface area (Å²) in [5.41, 5.74) is 1.21. The Hall–Kier alpha value is -2.31. The lowest BCUT2D eigenvalue weighted by atomic mass is 10.2. The third-order valence-corrected chi connectivity index (χ3v) is 4.06. The molecule has 0 amide bonds. The van der Waals surface area contributed by atoms with Crippen molar-refractivity contribution < 1.29 is 13.5 Å². The summed E-state index contributed by atoms with van der Waals surface area (Å²) in [6.07, 6.45) is 0. The fourth-order valence-corrected chi connectivity index (χ4v) is 2.75. The van der Waals surface area contributed by atoms with Crippen molar-refractivity contribution in [1.29, 1.82) is 0 Å². The predicted octanol–water partition coefficient (Wildman–Crippen LogP) is 5.36. The molecule has 3 aromatic rings. The topological polar surface area (TPSA) is 60.2 Å². The third kappa shape index (κ3) is 3.86. The molecule has 130 valence electrons. The summed E-state index contributed by atoms with van der Waals surface area (Å²) >= 11 is 12.0. The normalized spacial score (nSPS) is 12.0. The number of hydrogen-bond acceptors (Lipinski definition) is 5. The minimum atomic E-state index is -0.382. The van der Waals surface area contributed by atoms with Crippen LogP contribution < -0.4 is 10.1 Å². The van der Waals surface area contributed by atoms with E-state index in [1.54, 1.807) is 24.3 Å². The maximum Gasteiger partial charge on any atom is 0.249 e. The van der Waals surface area contributed by atoms with Gasteiger partial charge in [-0.25, -0.2) is 4.39 Å². The first kappa shape index (κ1) is 17.5. The largest absolute Gasteiger partial charge is 0.494 e. The Morgan fingerprint density at radius 3 is 2.68 bits per heavy atom. The van der Waals surface area contributed by atoms with E-state index in [4.69, 9.17) is 32.4 Å². The van der Waals surface area contributed by atoms with Crippen molar-refractivity contribution in [1.82, 2.24) is 10.2 Å². The van der Waals surface area contributed by atoms with Crippen LogP contribution in [0.25, 0.3) is 11.5 Å². The second kappa shape index (κ2) is 7.29. The molecule has 1 aromatic heterocycles. The van der Waals surface area contributed by atoms with Gasteiger partial charge in [0.25, 0.3) is 0 Å². The van der Waals surface area contributed by atoms with Crippen LogP contribution in [0, 0.1) is 5.82 Å². The van der Waals surface area contributed by atoms with Crippen LogP contribution in [0.3, 0.4) is 0 Å². The van der Waals surface area contributed by atoms with Gasteiger partial charge in [-0.05, 0) is 37.3 Å². The zero-order valence-corrected chi connectivity index (χ0v) is 14.9. The maximum atomic E-state index is 13.3. The molecule has 2 aromatic carbocycles. The second-order valence-corrected chi connectivity index (χ2v) is 6.12. The van der Waals surface area contributed by atoms with Crippen LogP contribution in [0.5, 0.6) is 5.75 Å². The van der Waals surface area contributed by atoms with Gasteiger partial charge in [-0.1, -0.05) is 23.2 Å². The molecule has 0 aliphatic rings. The highest BCUT2D eigenvalue weighted by molar-refractivity contribution is 6.36. The van der Waals surface area contributed by atoms with E-state index < -0.39 is 0 Å². The SMILES string of the molecule is COc1cc(F)ccc1N[C@H](C)c1nnc(-c2ccc(Cl)cc2Cl)o1. The van der Waals surface area contributed by atoms with Gasteiger partial charge >= 0.3 is 0 Å². The Labute approximate surface area is 153 Å². The third-order valence-electron chi connectivity index (χ3n) is 3.51. The molecule has 0 aliphatic carbocycles. The molecule has 0 saturated heterocycles. The van der Waals surface area contributed by atoms with Gasteiger partial charge in [-0.15, -0.1) is 10.2 Å². The smallest absolute Gasteiger partial charge is 0.249 e. The number of rotatable bonds is 5. The molecule has 0 radical (unpaired) electrons. The first-order valence-electron chi connectivity index (χ1n) is 7.37. The van der Waals surface area contributed by atoms with E-state index in [2.05, 4.69) is 15.5 Å². The highest BCUT2D eigenvalue weighted by atomic mass is 35.5. The lowest BCUT2D eigenvalue weighted by molar-refractivity contribution is 0.411. The fraction of sp³-hybridized carbons (Fsp3) is 0.176. The summed E-state index contributed by atoms with van der Waals surface area (Å²) in [6, 6.07) is 8.89. The van der Waals surface area contributed by atoms with E-state index in [9.17, 15) is 4.39 Å². The standard InChI is InChI=1S/C17H14Cl2FN3O2/c1-9(21-14-6-4-11(20)8-15(14)24-2)16-22-23-17(25-16)12-5-3-10(18)7-13(12)19/h3-9,21H,1-2H3/t9-/m1/s1. The maximum absolute atomic E-state index is 13.3. The molecule has 25 heavy (non-hydrogen) atoms. The number of nitrogens with one attached hydrogen (secondary N) is 1. The van der Waals surface area contributed by atoms with Crippen molar-refractivity contribution in [3.8, 4) is 17.2 Å². The molecule has 8 heteroatoms. The quantitative estimate of drug-likeness (QED) is 0.643. The Bertz CT molecular complexity index is 901. The summed E-state index contributed by atoms with van der Waals surface area (Å²) in [4.78, 5) is 0. The molecule has 3 rings (SSSR count). The fourth-order valence-electron chi connectivity index (χ4n) is 2.26. The summed E-state index contributed by atoms with van der Waals surface area (Å²) in [5, 5.41) is 12.2.